The van der Waals surface area contributed by atoms with Crippen LogP contribution in [0.5, 0.6) is 0 Å². The third-order valence-corrected chi connectivity index (χ3v) is 7.62. The van der Waals surface area contributed by atoms with E-state index >= 15 is 0 Å². The van der Waals surface area contributed by atoms with Crippen molar-refractivity contribution in [2.24, 2.45) is 11.8 Å². The average molecular weight is 508 g/mol. The van der Waals surface area contributed by atoms with E-state index in [1.807, 2.05) is 30.3 Å². The highest BCUT2D eigenvalue weighted by Crippen LogP contribution is 2.53. The van der Waals surface area contributed by atoms with Gasteiger partial charge in [-0.3, -0.25) is 29.3 Å². The maximum atomic E-state index is 13.9. The van der Waals surface area contributed by atoms with Gasteiger partial charge >= 0.3 is 0 Å². The van der Waals surface area contributed by atoms with E-state index in [1.54, 1.807) is 35.4 Å². The molecule has 9 nitrogen and oxygen atoms in total. The number of nitro groups is 1. The van der Waals surface area contributed by atoms with E-state index in [9.17, 15) is 29.3 Å². The molecule has 4 atom stereocenters. The zero-order valence-electron chi connectivity index (χ0n) is 20.2. The fourth-order valence-electron chi connectivity index (χ4n) is 5.87. The van der Waals surface area contributed by atoms with E-state index in [0.29, 0.717) is 11.3 Å². The molecule has 2 fully saturated rings. The highest BCUT2D eigenvalue weighted by molar-refractivity contribution is 6.24. The fraction of sp³-hybridized carbons (Fsp3) is 0.172. The van der Waals surface area contributed by atoms with Crippen LogP contribution in [0, 0.1) is 22.0 Å². The molecule has 0 aliphatic carbocycles. The third kappa shape index (κ3) is 3.39. The second kappa shape index (κ2) is 8.58. The normalized spacial score (nSPS) is 23.2. The highest BCUT2D eigenvalue weighted by atomic mass is 16.6. The van der Waals surface area contributed by atoms with Crippen molar-refractivity contribution < 1.29 is 24.1 Å². The van der Waals surface area contributed by atoms with Crippen molar-refractivity contribution in [1.82, 2.24) is 4.90 Å². The molecule has 0 unspecified atom stereocenters. The molecule has 2 amide bonds. The second-order valence-electron chi connectivity index (χ2n) is 9.62. The first-order chi connectivity index (χ1) is 18.3. The number of hydrogen-bond acceptors (Lipinski definition) is 7. The molecule has 3 aromatic carbocycles. The number of Topliss-reactive ketones (excluding diaryl/α,β-unsaturated/α-hetero) is 2. The second-order valence-corrected chi connectivity index (χ2v) is 9.62. The number of carbonyl (C=O) groups excluding carboxylic acids is 4. The Kier molecular flexibility index (Phi) is 5.30. The largest absolute Gasteiger partial charge is 0.358 e. The number of anilines is 1. The van der Waals surface area contributed by atoms with Gasteiger partial charge in [-0.2, -0.15) is 0 Å². The molecular formula is C29H21N3O6. The molecule has 0 radical (unpaired) electrons. The number of nitrogens with zero attached hydrogens (tertiary/aromatic N) is 3. The molecule has 0 saturated carbocycles. The Morgan fingerprint density at radius 1 is 0.842 bits per heavy atom. The maximum absolute atomic E-state index is 13.9. The van der Waals surface area contributed by atoms with Crippen LogP contribution in [0.2, 0.25) is 0 Å². The van der Waals surface area contributed by atoms with Gasteiger partial charge < -0.3 is 4.90 Å². The first-order valence-electron chi connectivity index (χ1n) is 12.1. The van der Waals surface area contributed by atoms with Crippen LogP contribution < -0.4 is 4.90 Å². The van der Waals surface area contributed by atoms with Crippen LogP contribution in [0.25, 0.3) is 6.08 Å². The molecule has 3 aliphatic rings. The summed E-state index contributed by atoms with van der Waals surface area (Å²) in [7, 11) is 0. The quantitative estimate of drug-likeness (QED) is 0.220. The van der Waals surface area contributed by atoms with E-state index in [4.69, 9.17) is 0 Å². The average Bonchev–Trinajstić information content (AvgIpc) is 3.40. The first kappa shape index (κ1) is 23.5. The van der Waals surface area contributed by atoms with E-state index < -0.39 is 46.4 Å². The summed E-state index contributed by atoms with van der Waals surface area (Å²) in [5, 5.41) is 11.1. The summed E-state index contributed by atoms with van der Waals surface area (Å²) in [6.45, 7) is 1.43. The summed E-state index contributed by atoms with van der Waals surface area (Å²) in [5.41, 5.74) is 2.61. The van der Waals surface area contributed by atoms with Crippen molar-refractivity contribution in [2.75, 3.05) is 4.90 Å². The van der Waals surface area contributed by atoms with Crippen molar-refractivity contribution in [3.63, 3.8) is 0 Å². The number of fused-ring (bicyclic) bond motifs is 5. The smallest absolute Gasteiger partial charge is 0.269 e. The van der Waals surface area contributed by atoms with Gasteiger partial charge in [0.1, 0.15) is 6.04 Å². The molecule has 188 valence electrons. The lowest BCUT2D eigenvalue weighted by atomic mass is 9.83. The van der Waals surface area contributed by atoms with Gasteiger partial charge in [-0.05, 0) is 60.5 Å². The minimum atomic E-state index is -0.978. The molecule has 0 aromatic heterocycles. The van der Waals surface area contributed by atoms with Crippen molar-refractivity contribution in [1.29, 1.82) is 0 Å². The van der Waals surface area contributed by atoms with E-state index in [0.717, 1.165) is 16.0 Å². The van der Waals surface area contributed by atoms with Gasteiger partial charge in [-0.1, -0.05) is 24.3 Å². The Labute approximate surface area is 217 Å². The van der Waals surface area contributed by atoms with E-state index in [1.165, 1.54) is 31.2 Å². The number of amides is 2. The Balaban J connectivity index is 1.45. The number of non-ortho nitro benzene ring substituents is 1. The van der Waals surface area contributed by atoms with Gasteiger partial charge in [0.05, 0.1) is 28.5 Å². The molecule has 0 spiro atoms. The standard InChI is InChI=1S/C29H21N3O6/c1-16(33)17-6-10-20(11-7-17)31-28(35)23-24(29(31)36)26(27(34)19-8-12-21(13-9-19)32(37)38)30-15-14-18-4-2-3-5-22(18)25(23)30/h2-15,23-26H,1H3/t23-,24+,25+,26+/m0/s1. The number of imide groups is 1. The summed E-state index contributed by atoms with van der Waals surface area (Å²) >= 11 is 0. The summed E-state index contributed by atoms with van der Waals surface area (Å²) in [5.74, 6) is -3.20. The monoisotopic (exact) mass is 507 g/mol. The van der Waals surface area contributed by atoms with Gasteiger partial charge in [0.2, 0.25) is 11.8 Å². The van der Waals surface area contributed by atoms with Crippen LogP contribution in [0.4, 0.5) is 11.4 Å². The molecule has 6 rings (SSSR count). The minimum Gasteiger partial charge on any atom is -0.358 e. The Bertz CT molecular complexity index is 1560. The predicted molar refractivity (Wildman–Crippen MR) is 137 cm³/mol. The van der Waals surface area contributed by atoms with Crippen molar-refractivity contribution in [2.45, 2.75) is 19.0 Å². The van der Waals surface area contributed by atoms with E-state index in [-0.39, 0.29) is 17.0 Å². The molecular weight excluding hydrogens is 486 g/mol. The van der Waals surface area contributed by atoms with Crippen LogP contribution >= 0.6 is 0 Å². The number of rotatable bonds is 5. The van der Waals surface area contributed by atoms with Gasteiger partial charge in [-0.15, -0.1) is 0 Å². The summed E-state index contributed by atoms with van der Waals surface area (Å²) in [4.78, 5) is 66.9. The summed E-state index contributed by atoms with van der Waals surface area (Å²) in [6, 6.07) is 17.6. The maximum Gasteiger partial charge on any atom is 0.269 e. The predicted octanol–water partition coefficient (Wildman–Crippen LogP) is 4.20. The lowest BCUT2D eigenvalue weighted by molar-refractivity contribution is -0.384. The van der Waals surface area contributed by atoms with Gasteiger partial charge in [0.25, 0.3) is 5.69 Å². The molecule has 0 bridgehead atoms. The zero-order chi connectivity index (χ0) is 26.7. The van der Waals surface area contributed by atoms with Crippen LogP contribution in [-0.4, -0.2) is 39.2 Å². The van der Waals surface area contributed by atoms with Crippen LogP contribution in [0.3, 0.4) is 0 Å². The molecule has 0 N–H and O–H groups in total. The third-order valence-electron chi connectivity index (χ3n) is 7.62. The summed E-state index contributed by atoms with van der Waals surface area (Å²) in [6.07, 6.45) is 3.61. The van der Waals surface area contributed by atoms with Gasteiger partial charge in [0, 0.05) is 29.5 Å². The van der Waals surface area contributed by atoms with Crippen LogP contribution in [0.15, 0.2) is 79.0 Å². The highest BCUT2D eigenvalue weighted by Gasteiger charge is 2.64. The Morgan fingerprint density at radius 3 is 2.13 bits per heavy atom. The van der Waals surface area contributed by atoms with Crippen molar-refractivity contribution in [3.05, 3.63) is 111 Å². The number of hydrogen-bond donors (Lipinski definition) is 0. The Morgan fingerprint density at radius 2 is 1.47 bits per heavy atom. The Hall–Kier alpha value is -4.92. The zero-order valence-corrected chi connectivity index (χ0v) is 20.2. The lowest BCUT2D eigenvalue weighted by Gasteiger charge is -2.35. The first-order valence-corrected chi connectivity index (χ1v) is 12.1. The number of carbonyl (C=O) groups is 4. The SMILES string of the molecule is CC(=O)c1ccc(N2C(=O)[C@@H]3[C@H](C2=O)[C@H]2c4ccccc4C=CN2[C@H]3C(=O)c2ccc([N+](=O)[O-])cc2)cc1. The number of ketones is 2. The topological polar surface area (TPSA) is 118 Å². The summed E-state index contributed by atoms with van der Waals surface area (Å²) < 4.78 is 0. The molecule has 9 heteroatoms. The number of benzene rings is 3. The molecule has 3 aliphatic heterocycles. The van der Waals surface area contributed by atoms with Gasteiger partial charge in [-0.25, -0.2) is 4.90 Å². The van der Waals surface area contributed by atoms with E-state index in [2.05, 4.69) is 0 Å². The number of nitro benzene ring substituents is 1. The van der Waals surface area contributed by atoms with Gasteiger partial charge in [0.15, 0.2) is 11.6 Å². The van der Waals surface area contributed by atoms with Crippen LogP contribution in [-0.2, 0) is 9.59 Å². The molecule has 2 saturated heterocycles. The fourth-order valence-corrected chi connectivity index (χ4v) is 5.87. The molecule has 38 heavy (non-hydrogen) atoms. The minimum absolute atomic E-state index is 0.137. The lowest BCUT2D eigenvalue weighted by Crippen LogP contribution is -2.44. The molecule has 3 aromatic rings. The van der Waals surface area contributed by atoms with Crippen molar-refractivity contribution in [3.8, 4) is 0 Å². The van der Waals surface area contributed by atoms with Crippen molar-refractivity contribution >= 4 is 40.8 Å². The van der Waals surface area contributed by atoms with Crippen LogP contribution in [0.1, 0.15) is 44.8 Å². The molecule has 3 heterocycles.